The Kier molecular flexibility index (Phi) is 2.98. The van der Waals surface area contributed by atoms with Crippen molar-refractivity contribution in [3.8, 4) is 11.3 Å². The number of piperazine rings is 3. The van der Waals surface area contributed by atoms with Crippen LogP contribution in [-0.2, 0) is 0 Å². The van der Waals surface area contributed by atoms with E-state index in [0.29, 0.717) is 6.04 Å². The van der Waals surface area contributed by atoms with Crippen LogP contribution in [0, 0.1) is 0 Å². The molecule has 3 aliphatic rings. The van der Waals surface area contributed by atoms with E-state index in [1.54, 1.807) is 11.3 Å². The molecule has 1 aromatic carbocycles. The minimum Gasteiger partial charge on any atom is -0.398 e. The Balaban J connectivity index is 1.64. The highest BCUT2D eigenvalue weighted by Crippen LogP contribution is 2.34. The van der Waals surface area contributed by atoms with E-state index in [1.165, 1.54) is 31.2 Å². The number of hydrogen-bond acceptors (Lipinski definition) is 5. The van der Waals surface area contributed by atoms with E-state index in [2.05, 4.69) is 15.2 Å². The Bertz CT molecular complexity index is 616. The number of benzene rings is 1. The van der Waals surface area contributed by atoms with Crippen LogP contribution in [0.15, 0.2) is 29.6 Å². The molecule has 4 nitrogen and oxygen atoms in total. The molecule has 4 heterocycles. The van der Waals surface area contributed by atoms with Crippen LogP contribution in [0.4, 0.5) is 5.69 Å². The Morgan fingerprint density at radius 2 is 1.95 bits per heavy atom. The molecule has 1 atom stereocenters. The molecule has 1 unspecified atom stereocenters. The number of nitrogen functional groups attached to an aromatic ring is 1. The highest BCUT2D eigenvalue weighted by atomic mass is 32.1. The van der Waals surface area contributed by atoms with E-state index in [4.69, 9.17) is 10.7 Å². The lowest BCUT2D eigenvalue weighted by molar-refractivity contribution is 0.0123. The van der Waals surface area contributed by atoms with Gasteiger partial charge in [-0.25, -0.2) is 4.98 Å². The SMILES string of the molecule is Nc1ccccc1-c1csc(C2CN3CCN2CC3)n1. The van der Waals surface area contributed by atoms with Gasteiger partial charge in [0.05, 0.1) is 11.7 Å². The van der Waals surface area contributed by atoms with E-state index >= 15 is 0 Å². The molecule has 1 aromatic heterocycles. The van der Waals surface area contributed by atoms with Gasteiger partial charge in [-0.05, 0) is 6.07 Å². The molecule has 5 rings (SSSR count). The molecule has 0 aliphatic carbocycles. The zero-order valence-corrected chi connectivity index (χ0v) is 12.1. The first-order chi connectivity index (χ1) is 9.81. The fraction of sp³-hybridized carbons (Fsp3) is 0.400. The standard InChI is InChI=1S/C15H18N4S/c16-12-4-2-1-3-11(12)13-10-20-15(17-13)14-9-18-5-7-19(14)8-6-18/h1-4,10,14H,5-9,16H2. The predicted octanol–water partition coefficient (Wildman–Crippen LogP) is 2.06. The summed E-state index contributed by atoms with van der Waals surface area (Å²) in [7, 11) is 0. The van der Waals surface area contributed by atoms with Crippen LogP contribution < -0.4 is 5.73 Å². The van der Waals surface area contributed by atoms with E-state index in [9.17, 15) is 0 Å². The second-order valence-corrected chi connectivity index (χ2v) is 6.40. The van der Waals surface area contributed by atoms with Crippen molar-refractivity contribution in [1.82, 2.24) is 14.8 Å². The van der Waals surface area contributed by atoms with Crippen LogP contribution in [0.1, 0.15) is 11.0 Å². The molecule has 0 amide bonds. The van der Waals surface area contributed by atoms with Crippen LogP contribution in [0.5, 0.6) is 0 Å². The van der Waals surface area contributed by atoms with Crippen LogP contribution in [-0.4, -0.2) is 47.5 Å². The van der Waals surface area contributed by atoms with E-state index < -0.39 is 0 Å². The fourth-order valence-electron chi connectivity index (χ4n) is 3.15. The van der Waals surface area contributed by atoms with Gasteiger partial charge in [0.15, 0.2) is 0 Å². The average Bonchev–Trinajstić information content (AvgIpc) is 2.98. The van der Waals surface area contributed by atoms with Gasteiger partial charge in [0.1, 0.15) is 5.01 Å². The Labute approximate surface area is 122 Å². The Morgan fingerprint density at radius 3 is 2.65 bits per heavy atom. The average molecular weight is 286 g/mol. The first kappa shape index (κ1) is 12.3. The quantitative estimate of drug-likeness (QED) is 0.859. The molecule has 104 valence electrons. The smallest absolute Gasteiger partial charge is 0.112 e. The van der Waals surface area contributed by atoms with Gasteiger partial charge in [0.25, 0.3) is 0 Å². The molecule has 2 bridgehead atoms. The van der Waals surface area contributed by atoms with Crippen molar-refractivity contribution in [2.24, 2.45) is 0 Å². The molecule has 2 aromatic rings. The van der Waals surface area contributed by atoms with Gasteiger partial charge >= 0.3 is 0 Å². The molecular weight excluding hydrogens is 268 g/mol. The number of nitrogens with two attached hydrogens (primary N) is 1. The molecule has 0 spiro atoms. The highest BCUT2D eigenvalue weighted by Gasteiger charge is 2.34. The van der Waals surface area contributed by atoms with Crippen LogP contribution in [0.2, 0.25) is 0 Å². The fourth-order valence-corrected chi connectivity index (χ4v) is 4.09. The normalized spacial score (nSPS) is 28.7. The number of nitrogens with zero attached hydrogens (tertiary/aromatic N) is 3. The highest BCUT2D eigenvalue weighted by molar-refractivity contribution is 7.10. The first-order valence-electron chi connectivity index (χ1n) is 7.08. The number of rotatable bonds is 2. The Hall–Kier alpha value is -1.43. The third-order valence-electron chi connectivity index (χ3n) is 4.32. The molecule has 5 heteroatoms. The van der Waals surface area contributed by atoms with E-state index in [1.807, 2.05) is 24.3 Å². The first-order valence-corrected chi connectivity index (χ1v) is 7.96. The van der Waals surface area contributed by atoms with Crippen molar-refractivity contribution in [3.05, 3.63) is 34.7 Å². The third-order valence-corrected chi connectivity index (χ3v) is 5.27. The maximum absolute atomic E-state index is 6.05. The lowest BCUT2D eigenvalue weighted by atomic mass is 10.1. The van der Waals surface area contributed by atoms with Crippen molar-refractivity contribution in [2.45, 2.75) is 6.04 Å². The summed E-state index contributed by atoms with van der Waals surface area (Å²) in [6, 6.07) is 8.44. The van der Waals surface area contributed by atoms with E-state index in [0.717, 1.165) is 23.5 Å². The van der Waals surface area contributed by atoms with Crippen molar-refractivity contribution in [3.63, 3.8) is 0 Å². The summed E-state index contributed by atoms with van der Waals surface area (Å²) in [4.78, 5) is 9.96. The van der Waals surface area contributed by atoms with E-state index in [-0.39, 0.29) is 0 Å². The summed E-state index contributed by atoms with van der Waals surface area (Å²) < 4.78 is 0. The maximum Gasteiger partial charge on any atom is 0.112 e. The van der Waals surface area contributed by atoms with Gasteiger partial charge in [-0.15, -0.1) is 11.3 Å². The van der Waals surface area contributed by atoms with Gasteiger partial charge in [0.2, 0.25) is 0 Å². The summed E-state index contributed by atoms with van der Waals surface area (Å²) >= 11 is 1.76. The van der Waals surface area contributed by atoms with Gasteiger partial charge in [-0.1, -0.05) is 18.2 Å². The topological polar surface area (TPSA) is 45.4 Å². The number of para-hydroxylation sites is 1. The number of fused-ring (bicyclic) bond motifs is 3. The lowest BCUT2D eigenvalue weighted by Gasteiger charge is -2.46. The summed E-state index contributed by atoms with van der Waals surface area (Å²) in [5.74, 6) is 0. The molecule has 3 aliphatic heterocycles. The lowest BCUT2D eigenvalue weighted by Crippen LogP contribution is -2.56. The van der Waals surface area contributed by atoms with Crippen LogP contribution >= 0.6 is 11.3 Å². The maximum atomic E-state index is 6.05. The number of anilines is 1. The Morgan fingerprint density at radius 1 is 1.15 bits per heavy atom. The van der Waals surface area contributed by atoms with Gasteiger partial charge in [0, 0.05) is 49.4 Å². The van der Waals surface area contributed by atoms with Crippen molar-refractivity contribution >= 4 is 17.0 Å². The number of aromatic nitrogens is 1. The molecule has 0 saturated carbocycles. The number of thiazole rings is 1. The zero-order chi connectivity index (χ0) is 13.5. The summed E-state index contributed by atoms with van der Waals surface area (Å²) in [6.45, 7) is 5.89. The second-order valence-electron chi connectivity index (χ2n) is 5.51. The minimum absolute atomic E-state index is 0.473. The number of hydrogen-bond donors (Lipinski definition) is 1. The molecule has 0 radical (unpaired) electrons. The van der Waals surface area contributed by atoms with Crippen LogP contribution in [0.25, 0.3) is 11.3 Å². The third kappa shape index (κ3) is 2.02. The molecule has 20 heavy (non-hydrogen) atoms. The monoisotopic (exact) mass is 286 g/mol. The van der Waals surface area contributed by atoms with Crippen molar-refractivity contribution in [1.29, 1.82) is 0 Å². The summed E-state index contributed by atoms with van der Waals surface area (Å²) in [5.41, 5.74) is 8.91. The van der Waals surface area contributed by atoms with Gasteiger partial charge < -0.3 is 5.73 Å². The summed E-state index contributed by atoms with van der Waals surface area (Å²) in [6.07, 6.45) is 0. The molecule has 2 N–H and O–H groups in total. The molecule has 3 saturated heterocycles. The van der Waals surface area contributed by atoms with Crippen molar-refractivity contribution < 1.29 is 0 Å². The second kappa shape index (κ2) is 4.84. The van der Waals surface area contributed by atoms with Gasteiger partial charge in [-0.2, -0.15) is 0 Å². The molecular formula is C15H18N4S. The van der Waals surface area contributed by atoms with Crippen LogP contribution in [0.3, 0.4) is 0 Å². The van der Waals surface area contributed by atoms with Gasteiger partial charge in [-0.3, -0.25) is 9.80 Å². The predicted molar refractivity (Wildman–Crippen MR) is 82.7 cm³/mol. The summed E-state index contributed by atoms with van der Waals surface area (Å²) in [5, 5.41) is 3.37. The van der Waals surface area contributed by atoms with Crippen molar-refractivity contribution in [2.75, 3.05) is 38.5 Å². The minimum atomic E-state index is 0.473. The molecule has 3 fully saturated rings. The zero-order valence-electron chi connectivity index (χ0n) is 11.3. The largest absolute Gasteiger partial charge is 0.398 e.